The molecule has 0 atom stereocenters. The number of nitrogens with one attached hydrogen (secondary N) is 1. The van der Waals surface area contributed by atoms with E-state index in [4.69, 9.17) is 0 Å². The van der Waals surface area contributed by atoms with E-state index in [1.165, 1.54) is 11.3 Å². The minimum atomic E-state index is -0.154. The number of thiophene rings is 2. The third kappa shape index (κ3) is 2.69. The summed E-state index contributed by atoms with van der Waals surface area (Å²) in [5.41, 5.74) is 1.23. The average molecular weight is 333 g/mol. The Morgan fingerprint density at radius 2 is 2.18 bits per heavy atom. The number of rotatable bonds is 3. The van der Waals surface area contributed by atoms with Gasteiger partial charge in [0.25, 0.3) is 11.5 Å². The van der Waals surface area contributed by atoms with Gasteiger partial charge in [-0.2, -0.15) is 0 Å². The maximum Gasteiger partial charge on any atom is 0.268 e. The largest absolute Gasteiger partial charge is 0.334 e. The predicted molar refractivity (Wildman–Crippen MR) is 89.8 cm³/mol. The molecule has 3 aromatic rings. The van der Waals surface area contributed by atoms with Crippen molar-refractivity contribution in [1.82, 2.24) is 14.9 Å². The zero-order valence-corrected chi connectivity index (χ0v) is 14.1. The van der Waals surface area contributed by atoms with Crippen molar-refractivity contribution in [2.24, 2.45) is 0 Å². The molecule has 114 valence electrons. The van der Waals surface area contributed by atoms with Crippen molar-refractivity contribution in [2.75, 3.05) is 7.05 Å². The number of carbonyl (C=O) groups is 1. The highest BCUT2D eigenvalue weighted by molar-refractivity contribution is 7.17. The van der Waals surface area contributed by atoms with Crippen LogP contribution in [0, 0.1) is 13.8 Å². The van der Waals surface area contributed by atoms with Crippen molar-refractivity contribution in [3.8, 4) is 0 Å². The number of aromatic nitrogens is 2. The Hall–Kier alpha value is -1.99. The minimum absolute atomic E-state index is 0.0603. The smallest absolute Gasteiger partial charge is 0.268 e. The number of hydrogen-bond donors (Lipinski definition) is 1. The Morgan fingerprint density at radius 1 is 1.41 bits per heavy atom. The molecule has 7 heteroatoms. The van der Waals surface area contributed by atoms with Gasteiger partial charge in [0.1, 0.15) is 10.5 Å². The summed E-state index contributed by atoms with van der Waals surface area (Å²) >= 11 is 2.97. The van der Waals surface area contributed by atoms with Crippen molar-refractivity contribution in [2.45, 2.75) is 20.4 Å². The Morgan fingerprint density at radius 3 is 2.86 bits per heavy atom. The summed E-state index contributed by atoms with van der Waals surface area (Å²) in [5, 5.41) is 1.84. The van der Waals surface area contributed by atoms with E-state index in [1.54, 1.807) is 23.3 Å². The molecule has 3 aromatic heterocycles. The molecule has 0 aliphatic heterocycles. The fourth-order valence-electron chi connectivity index (χ4n) is 2.34. The van der Waals surface area contributed by atoms with Crippen LogP contribution in [0.4, 0.5) is 0 Å². The van der Waals surface area contributed by atoms with E-state index in [0.29, 0.717) is 21.6 Å². The second kappa shape index (κ2) is 5.66. The second-order valence-corrected chi connectivity index (χ2v) is 7.51. The molecule has 0 unspecified atom stereocenters. The average Bonchev–Trinajstić information content (AvgIpc) is 3.04. The van der Waals surface area contributed by atoms with E-state index in [1.807, 2.05) is 31.4 Å². The van der Waals surface area contributed by atoms with Crippen LogP contribution in [0.2, 0.25) is 0 Å². The van der Waals surface area contributed by atoms with Crippen molar-refractivity contribution in [3.05, 3.63) is 49.0 Å². The van der Waals surface area contributed by atoms with Crippen LogP contribution in [0.1, 0.15) is 25.9 Å². The van der Waals surface area contributed by atoms with Gasteiger partial charge in [0.2, 0.25) is 0 Å². The van der Waals surface area contributed by atoms with Crippen molar-refractivity contribution >= 4 is 38.8 Å². The summed E-state index contributed by atoms with van der Waals surface area (Å²) in [7, 11) is 1.71. The van der Waals surface area contributed by atoms with Gasteiger partial charge in [-0.15, -0.1) is 22.7 Å². The van der Waals surface area contributed by atoms with E-state index in [2.05, 4.69) is 9.97 Å². The quantitative estimate of drug-likeness (QED) is 0.801. The molecule has 22 heavy (non-hydrogen) atoms. The number of aromatic amines is 1. The highest BCUT2D eigenvalue weighted by atomic mass is 32.1. The molecule has 3 heterocycles. The first-order chi connectivity index (χ1) is 10.5. The SMILES string of the molecule is Cc1cc(C(=O)N(C)Cc2nc3ccsc3c(=O)[nH]2)c(C)s1. The Bertz CT molecular complexity index is 907. The first kappa shape index (κ1) is 14.9. The van der Waals surface area contributed by atoms with Gasteiger partial charge in [-0.1, -0.05) is 0 Å². The van der Waals surface area contributed by atoms with Crippen LogP contribution in [0.5, 0.6) is 0 Å². The highest BCUT2D eigenvalue weighted by Gasteiger charge is 2.17. The molecule has 0 saturated heterocycles. The van der Waals surface area contributed by atoms with Gasteiger partial charge in [0.15, 0.2) is 0 Å². The molecule has 0 saturated carbocycles. The number of nitrogens with zero attached hydrogens (tertiary/aromatic N) is 2. The van der Waals surface area contributed by atoms with Crippen molar-refractivity contribution in [1.29, 1.82) is 0 Å². The van der Waals surface area contributed by atoms with Crippen LogP contribution in [0.15, 0.2) is 22.3 Å². The Labute approximate surface area is 135 Å². The van der Waals surface area contributed by atoms with Crippen LogP contribution in [0.3, 0.4) is 0 Å². The van der Waals surface area contributed by atoms with Gasteiger partial charge in [-0.05, 0) is 31.4 Å². The molecule has 0 aliphatic rings. The number of aryl methyl sites for hydroxylation is 2. The van der Waals surface area contributed by atoms with E-state index in [-0.39, 0.29) is 18.0 Å². The minimum Gasteiger partial charge on any atom is -0.334 e. The first-order valence-electron chi connectivity index (χ1n) is 6.74. The molecule has 0 aromatic carbocycles. The van der Waals surface area contributed by atoms with E-state index < -0.39 is 0 Å². The summed E-state index contributed by atoms with van der Waals surface area (Å²) in [5.74, 6) is 0.436. The van der Waals surface area contributed by atoms with E-state index in [0.717, 1.165) is 9.75 Å². The normalized spacial score (nSPS) is 11.0. The predicted octanol–water partition coefficient (Wildman–Crippen LogP) is 2.94. The van der Waals surface area contributed by atoms with Gasteiger partial charge in [-0.25, -0.2) is 4.98 Å². The molecule has 0 spiro atoms. The molecule has 3 rings (SSSR count). The number of hydrogen-bond acceptors (Lipinski definition) is 5. The molecule has 0 bridgehead atoms. The lowest BCUT2D eigenvalue weighted by Gasteiger charge is -2.16. The van der Waals surface area contributed by atoms with Crippen LogP contribution in [0.25, 0.3) is 10.2 Å². The Balaban J connectivity index is 1.86. The topological polar surface area (TPSA) is 66.1 Å². The third-order valence-electron chi connectivity index (χ3n) is 3.37. The van der Waals surface area contributed by atoms with Gasteiger partial charge >= 0.3 is 0 Å². The third-order valence-corrected chi connectivity index (χ3v) is 5.24. The Kier molecular flexibility index (Phi) is 3.84. The zero-order valence-electron chi connectivity index (χ0n) is 12.5. The van der Waals surface area contributed by atoms with Gasteiger partial charge in [0.05, 0.1) is 17.6 Å². The fourth-order valence-corrected chi connectivity index (χ4v) is 3.98. The summed E-state index contributed by atoms with van der Waals surface area (Å²) < 4.78 is 0.613. The molecule has 0 fully saturated rings. The van der Waals surface area contributed by atoms with E-state index >= 15 is 0 Å². The fraction of sp³-hybridized carbons (Fsp3) is 0.267. The summed E-state index contributed by atoms with van der Waals surface area (Å²) in [6, 6.07) is 3.71. The second-order valence-electron chi connectivity index (χ2n) is 5.14. The highest BCUT2D eigenvalue weighted by Crippen LogP contribution is 2.22. The lowest BCUT2D eigenvalue weighted by Crippen LogP contribution is -2.28. The first-order valence-corrected chi connectivity index (χ1v) is 8.44. The van der Waals surface area contributed by atoms with Crippen LogP contribution >= 0.6 is 22.7 Å². The van der Waals surface area contributed by atoms with Crippen LogP contribution in [-0.2, 0) is 6.54 Å². The molecule has 5 nitrogen and oxygen atoms in total. The standard InChI is InChI=1S/C15H15N3O2S2/c1-8-6-10(9(2)22-8)15(20)18(3)7-12-16-11-4-5-21-13(11)14(19)17-12/h4-6H,7H2,1-3H3,(H,16,17,19). The summed E-state index contributed by atoms with van der Waals surface area (Å²) in [6.07, 6.45) is 0. The summed E-state index contributed by atoms with van der Waals surface area (Å²) in [4.78, 5) is 35.3. The molecule has 0 radical (unpaired) electrons. The van der Waals surface area contributed by atoms with Gasteiger partial charge in [0, 0.05) is 16.8 Å². The van der Waals surface area contributed by atoms with Crippen LogP contribution < -0.4 is 5.56 Å². The molecular weight excluding hydrogens is 318 g/mol. The number of amides is 1. The molecule has 1 N–H and O–H groups in total. The lowest BCUT2D eigenvalue weighted by atomic mass is 10.2. The number of carbonyl (C=O) groups excluding carboxylic acids is 1. The van der Waals surface area contributed by atoms with Gasteiger partial charge in [-0.3, -0.25) is 9.59 Å². The van der Waals surface area contributed by atoms with Gasteiger partial charge < -0.3 is 9.88 Å². The number of fused-ring (bicyclic) bond motifs is 1. The molecule has 0 aliphatic carbocycles. The maximum absolute atomic E-state index is 12.5. The van der Waals surface area contributed by atoms with Crippen molar-refractivity contribution < 1.29 is 4.79 Å². The molecular formula is C15H15N3O2S2. The molecule has 1 amide bonds. The lowest BCUT2D eigenvalue weighted by molar-refractivity contribution is 0.0781. The monoisotopic (exact) mass is 333 g/mol. The summed E-state index contributed by atoms with van der Waals surface area (Å²) in [6.45, 7) is 4.20. The zero-order chi connectivity index (χ0) is 15.9. The van der Waals surface area contributed by atoms with Crippen LogP contribution in [-0.4, -0.2) is 27.8 Å². The van der Waals surface area contributed by atoms with E-state index in [9.17, 15) is 9.59 Å². The number of H-pyrrole nitrogens is 1. The maximum atomic E-state index is 12.5. The van der Waals surface area contributed by atoms with Crippen molar-refractivity contribution in [3.63, 3.8) is 0 Å².